The lowest BCUT2D eigenvalue weighted by atomic mass is 9.93. The van der Waals surface area contributed by atoms with Crippen LogP contribution in [-0.2, 0) is 0 Å². The smallest absolute Gasteiger partial charge is 0.274 e. The number of halogens is 1. The standard InChI is InChI=1S/C24H19ClN2O3/c25-8-7-15-12-27(21-11-22(29)17-3-1-2-4-18(17)23(15)21)24(30)20-10-16-9-14(13-28)5-6-19(16)26-20/h1-6,9-11,13,15,26,29H,7-8,12H2/t15-/m1/s1. The van der Waals surface area contributed by atoms with E-state index in [1.165, 1.54) is 0 Å². The van der Waals surface area contributed by atoms with Gasteiger partial charge in [-0.1, -0.05) is 24.3 Å². The first-order chi connectivity index (χ1) is 14.6. The van der Waals surface area contributed by atoms with E-state index in [9.17, 15) is 14.7 Å². The summed E-state index contributed by atoms with van der Waals surface area (Å²) in [5.74, 6) is 0.563. The van der Waals surface area contributed by atoms with Crippen LogP contribution in [0.25, 0.3) is 21.7 Å². The Bertz CT molecular complexity index is 1310. The minimum Gasteiger partial charge on any atom is -0.507 e. The zero-order valence-electron chi connectivity index (χ0n) is 16.1. The van der Waals surface area contributed by atoms with Crippen molar-refractivity contribution in [3.05, 3.63) is 71.4 Å². The summed E-state index contributed by atoms with van der Waals surface area (Å²) in [6, 6.07) is 16.4. The Morgan fingerprint density at radius 1 is 1.17 bits per heavy atom. The zero-order chi connectivity index (χ0) is 20.8. The number of anilines is 1. The number of carbonyl (C=O) groups is 2. The molecule has 30 heavy (non-hydrogen) atoms. The minimum atomic E-state index is -0.174. The van der Waals surface area contributed by atoms with Gasteiger partial charge in [-0.3, -0.25) is 9.59 Å². The molecular formula is C24H19ClN2O3. The molecule has 2 heterocycles. The molecule has 0 saturated carbocycles. The molecule has 5 rings (SSSR count). The van der Waals surface area contributed by atoms with Crippen LogP contribution < -0.4 is 4.90 Å². The van der Waals surface area contributed by atoms with Crippen LogP contribution in [0.2, 0.25) is 0 Å². The second kappa shape index (κ2) is 7.18. The van der Waals surface area contributed by atoms with Gasteiger partial charge in [0, 0.05) is 46.3 Å². The molecule has 1 aromatic heterocycles. The van der Waals surface area contributed by atoms with Crippen molar-refractivity contribution in [2.24, 2.45) is 0 Å². The second-order valence-electron chi connectivity index (χ2n) is 7.61. The number of carbonyl (C=O) groups excluding carboxylic acids is 2. The Kier molecular flexibility index (Phi) is 4.48. The van der Waals surface area contributed by atoms with Gasteiger partial charge >= 0.3 is 0 Å². The van der Waals surface area contributed by atoms with Crippen molar-refractivity contribution in [2.75, 3.05) is 17.3 Å². The van der Waals surface area contributed by atoms with Gasteiger partial charge in [0.15, 0.2) is 0 Å². The van der Waals surface area contributed by atoms with Crippen LogP contribution in [0.15, 0.2) is 54.6 Å². The molecule has 1 amide bonds. The van der Waals surface area contributed by atoms with E-state index in [-0.39, 0.29) is 17.6 Å². The van der Waals surface area contributed by atoms with Crippen molar-refractivity contribution in [2.45, 2.75) is 12.3 Å². The zero-order valence-corrected chi connectivity index (χ0v) is 16.8. The number of aromatic amines is 1. The van der Waals surface area contributed by atoms with E-state index in [4.69, 9.17) is 11.6 Å². The highest BCUT2D eigenvalue weighted by Gasteiger charge is 2.35. The summed E-state index contributed by atoms with van der Waals surface area (Å²) >= 11 is 6.07. The van der Waals surface area contributed by atoms with Crippen molar-refractivity contribution < 1.29 is 14.7 Å². The molecule has 0 aliphatic carbocycles. The van der Waals surface area contributed by atoms with E-state index < -0.39 is 0 Å². The Balaban J connectivity index is 1.62. The fraction of sp³-hybridized carbons (Fsp3) is 0.167. The molecule has 0 radical (unpaired) electrons. The van der Waals surface area contributed by atoms with E-state index in [1.54, 1.807) is 35.2 Å². The molecule has 4 aromatic rings. The van der Waals surface area contributed by atoms with Gasteiger partial charge in [-0.05, 0) is 41.6 Å². The quantitative estimate of drug-likeness (QED) is 0.353. The maximum Gasteiger partial charge on any atom is 0.274 e. The van der Waals surface area contributed by atoms with Gasteiger partial charge < -0.3 is 15.0 Å². The van der Waals surface area contributed by atoms with Crippen LogP contribution >= 0.6 is 11.6 Å². The minimum absolute atomic E-state index is 0.0954. The van der Waals surface area contributed by atoms with Gasteiger partial charge in [-0.15, -0.1) is 11.6 Å². The lowest BCUT2D eigenvalue weighted by Crippen LogP contribution is -2.30. The average Bonchev–Trinajstić information content (AvgIpc) is 3.35. The molecule has 1 aliphatic heterocycles. The third kappa shape index (κ3) is 2.85. The third-order valence-electron chi connectivity index (χ3n) is 5.86. The number of hydrogen-bond acceptors (Lipinski definition) is 3. The number of amides is 1. The molecule has 2 N–H and O–H groups in total. The van der Waals surface area contributed by atoms with E-state index in [0.29, 0.717) is 23.7 Å². The Hall–Kier alpha value is -3.31. The molecular weight excluding hydrogens is 400 g/mol. The maximum atomic E-state index is 13.4. The summed E-state index contributed by atoms with van der Waals surface area (Å²) in [5, 5.41) is 13.1. The lowest BCUT2D eigenvalue weighted by Gasteiger charge is -2.17. The number of rotatable bonds is 4. The predicted molar refractivity (Wildman–Crippen MR) is 119 cm³/mol. The first kappa shape index (κ1) is 18.7. The van der Waals surface area contributed by atoms with Crippen molar-refractivity contribution in [1.82, 2.24) is 4.98 Å². The summed E-state index contributed by atoms with van der Waals surface area (Å²) in [4.78, 5) is 29.4. The van der Waals surface area contributed by atoms with Crippen molar-refractivity contribution >= 4 is 51.2 Å². The fourth-order valence-corrected chi connectivity index (χ4v) is 4.73. The monoisotopic (exact) mass is 418 g/mol. The Morgan fingerprint density at radius 2 is 1.97 bits per heavy atom. The second-order valence-corrected chi connectivity index (χ2v) is 7.99. The Labute approximate surface area is 177 Å². The molecule has 0 bridgehead atoms. The number of hydrogen-bond donors (Lipinski definition) is 2. The van der Waals surface area contributed by atoms with Crippen molar-refractivity contribution in [1.29, 1.82) is 0 Å². The number of phenols is 1. The van der Waals surface area contributed by atoms with Crippen LogP contribution in [0.4, 0.5) is 5.69 Å². The molecule has 1 atom stereocenters. The highest BCUT2D eigenvalue weighted by atomic mass is 35.5. The van der Waals surface area contributed by atoms with Gasteiger partial charge in [0.25, 0.3) is 5.91 Å². The van der Waals surface area contributed by atoms with Gasteiger partial charge in [-0.2, -0.15) is 0 Å². The molecule has 0 fully saturated rings. The van der Waals surface area contributed by atoms with Gasteiger partial charge in [0.05, 0.1) is 5.69 Å². The Morgan fingerprint density at radius 3 is 2.73 bits per heavy atom. The molecule has 3 aromatic carbocycles. The molecule has 0 unspecified atom stereocenters. The van der Waals surface area contributed by atoms with E-state index >= 15 is 0 Å². The predicted octanol–water partition coefficient (Wildman–Crippen LogP) is 5.21. The van der Waals surface area contributed by atoms with Gasteiger partial charge in [-0.25, -0.2) is 0 Å². The first-order valence-electron chi connectivity index (χ1n) is 9.81. The largest absolute Gasteiger partial charge is 0.507 e. The SMILES string of the molecule is O=Cc1ccc2[nH]c(C(=O)N3C[C@@H](CCCl)c4c3cc(O)c3ccccc43)cc2c1. The number of aromatic hydroxyl groups is 1. The van der Waals surface area contributed by atoms with Gasteiger partial charge in [0.1, 0.15) is 17.7 Å². The van der Waals surface area contributed by atoms with E-state index in [1.807, 2.05) is 24.3 Å². The van der Waals surface area contributed by atoms with E-state index in [2.05, 4.69) is 4.98 Å². The number of aldehydes is 1. The summed E-state index contributed by atoms with van der Waals surface area (Å²) in [7, 11) is 0. The maximum absolute atomic E-state index is 13.4. The summed E-state index contributed by atoms with van der Waals surface area (Å²) in [5.41, 5.74) is 3.57. The molecule has 0 spiro atoms. The van der Waals surface area contributed by atoms with Crippen LogP contribution in [-0.4, -0.2) is 34.7 Å². The number of aromatic nitrogens is 1. The highest BCUT2D eigenvalue weighted by Crippen LogP contribution is 2.46. The number of alkyl halides is 1. The summed E-state index contributed by atoms with van der Waals surface area (Å²) in [6.07, 6.45) is 1.53. The van der Waals surface area contributed by atoms with Crippen molar-refractivity contribution in [3.8, 4) is 5.75 Å². The fourth-order valence-electron chi connectivity index (χ4n) is 4.47. The topological polar surface area (TPSA) is 73.4 Å². The van der Waals surface area contributed by atoms with Crippen LogP contribution in [0, 0.1) is 0 Å². The van der Waals surface area contributed by atoms with Crippen LogP contribution in [0.5, 0.6) is 5.75 Å². The molecule has 150 valence electrons. The van der Waals surface area contributed by atoms with Gasteiger partial charge in [0.2, 0.25) is 0 Å². The summed E-state index contributed by atoms with van der Waals surface area (Å²) < 4.78 is 0. The number of H-pyrrole nitrogens is 1. The summed E-state index contributed by atoms with van der Waals surface area (Å²) in [6.45, 7) is 0.503. The third-order valence-corrected chi connectivity index (χ3v) is 6.08. The first-order valence-corrected chi connectivity index (χ1v) is 10.3. The lowest BCUT2D eigenvalue weighted by molar-refractivity contribution is 0.0983. The number of phenolic OH excluding ortho intramolecular Hbond substituents is 1. The molecule has 5 nitrogen and oxygen atoms in total. The van der Waals surface area contributed by atoms with Crippen LogP contribution in [0.3, 0.4) is 0 Å². The van der Waals surface area contributed by atoms with Crippen molar-refractivity contribution in [3.63, 3.8) is 0 Å². The highest BCUT2D eigenvalue weighted by molar-refractivity contribution is 6.18. The molecule has 1 aliphatic rings. The molecule has 0 saturated heterocycles. The number of benzene rings is 3. The van der Waals surface area contributed by atoms with E-state index in [0.717, 1.165) is 45.6 Å². The molecule has 6 heteroatoms. The average molecular weight is 419 g/mol. The number of nitrogens with one attached hydrogen (secondary N) is 1. The number of nitrogens with zero attached hydrogens (tertiary/aromatic N) is 1. The number of fused-ring (bicyclic) bond motifs is 4. The van der Waals surface area contributed by atoms with Crippen LogP contribution in [0.1, 0.15) is 38.7 Å². The normalized spacial score (nSPS) is 15.6.